The van der Waals surface area contributed by atoms with Gasteiger partial charge in [0.15, 0.2) is 0 Å². The van der Waals surface area contributed by atoms with E-state index < -0.39 is 0 Å². The van der Waals surface area contributed by atoms with Crippen molar-refractivity contribution in [3.05, 3.63) is 40.8 Å². The van der Waals surface area contributed by atoms with Gasteiger partial charge in [0.1, 0.15) is 5.75 Å². The van der Waals surface area contributed by atoms with Gasteiger partial charge in [-0.05, 0) is 86.1 Å². The van der Waals surface area contributed by atoms with E-state index >= 15 is 0 Å². The minimum atomic E-state index is -0.0334. The van der Waals surface area contributed by atoms with E-state index in [0.717, 1.165) is 33.8 Å². The Hall–Kier alpha value is -1.81. The Morgan fingerprint density at radius 2 is 2.04 bits per heavy atom. The Balaban J connectivity index is 0.000000652. The molecule has 3 unspecified atom stereocenters. The predicted octanol–water partition coefficient (Wildman–Crippen LogP) is 3.06. The number of fused-ring (bicyclic) bond motifs is 1. The minimum absolute atomic E-state index is 0.0334. The first-order chi connectivity index (χ1) is 11.2. The number of aromatic amines is 1. The summed E-state index contributed by atoms with van der Waals surface area (Å²) in [6, 6.07) is 7.74. The van der Waals surface area contributed by atoms with Gasteiger partial charge in [0, 0.05) is 11.6 Å². The van der Waals surface area contributed by atoms with Crippen LogP contribution in [0.15, 0.2) is 35.3 Å². The van der Waals surface area contributed by atoms with Crippen LogP contribution in [0.3, 0.4) is 0 Å². The number of hydrogen-bond donors (Lipinski definition) is 2. The summed E-state index contributed by atoms with van der Waals surface area (Å²) in [5.41, 5.74) is 5.23. The molecule has 3 aliphatic carbocycles. The summed E-state index contributed by atoms with van der Waals surface area (Å²) in [6.45, 7) is 0. The average Bonchev–Trinajstić information content (AvgIpc) is 3.30. The van der Waals surface area contributed by atoms with Gasteiger partial charge in [-0.15, -0.1) is 0 Å². The third-order valence-corrected chi connectivity index (χ3v) is 6.19. The average molecular weight is 312 g/mol. The maximum absolute atomic E-state index is 11.7. The summed E-state index contributed by atoms with van der Waals surface area (Å²) in [6.07, 6.45) is 8.84. The lowest BCUT2D eigenvalue weighted by atomic mass is 9.63. The second-order valence-electron chi connectivity index (χ2n) is 7.14. The molecule has 4 nitrogen and oxygen atoms in total. The highest BCUT2D eigenvalue weighted by Gasteiger charge is 2.66. The van der Waals surface area contributed by atoms with Crippen molar-refractivity contribution in [1.29, 1.82) is 0 Å². The Labute approximate surface area is 136 Å². The zero-order valence-electron chi connectivity index (χ0n) is 13.5. The number of benzene rings is 1. The van der Waals surface area contributed by atoms with Crippen LogP contribution < -0.4 is 16.0 Å². The number of pyridine rings is 1. The molecule has 0 bridgehead atoms. The number of rotatable bonds is 2. The van der Waals surface area contributed by atoms with E-state index in [1.165, 1.54) is 39.2 Å². The van der Waals surface area contributed by atoms with E-state index in [1.54, 1.807) is 6.20 Å². The van der Waals surface area contributed by atoms with Gasteiger partial charge in [-0.3, -0.25) is 4.79 Å². The molecule has 4 heteroatoms. The smallest absolute Gasteiger partial charge is 0.255 e. The van der Waals surface area contributed by atoms with Crippen molar-refractivity contribution in [1.82, 2.24) is 4.98 Å². The molecule has 0 saturated heterocycles. The quantitative estimate of drug-likeness (QED) is 0.895. The molecule has 0 radical (unpaired) electrons. The van der Waals surface area contributed by atoms with Crippen molar-refractivity contribution in [3.8, 4) is 5.75 Å². The van der Waals surface area contributed by atoms with Crippen molar-refractivity contribution in [2.24, 2.45) is 23.0 Å². The van der Waals surface area contributed by atoms with Gasteiger partial charge in [0.25, 0.3) is 5.56 Å². The number of H-pyrrole nitrogens is 1. The van der Waals surface area contributed by atoms with Gasteiger partial charge < -0.3 is 15.5 Å². The molecular weight excluding hydrogens is 288 g/mol. The topological polar surface area (TPSA) is 68.1 Å². The molecule has 0 amide bonds. The van der Waals surface area contributed by atoms with E-state index in [4.69, 9.17) is 4.74 Å². The summed E-state index contributed by atoms with van der Waals surface area (Å²) < 4.78 is 6.24. The number of nitrogens with two attached hydrogens (primary N) is 1. The number of nitrogens with one attached hydrogen (secondary N) is 1. The van der Waals surface area contributed by atoms with Crippen molar-refractivity contribution in [2.75, 3.05) is 7.05 Å². The molecule has 4 atom stereocenters. The van der Waals surface area contributed by atoms with Crippen LogP contribution in [0, 0.1) is 17.3 Å². The second-order valence-corrected chi connectivity index (χ2v) is 7.14. The van der Waals surface area contributed by atoms with Crippen LogP contribution in [-0.2, 0) is 0 Å². The van der Waals surface area contributed by atoms with Gasteiger partial charge in [0.2, 0.25) is 0 Å². The summed E-state index contributed by atoms with van der Waals surface area (Å²) >= 11 is 0. The largest absolute Gasteiger partial charge is 0.490 e. The highest BCUT2D eigenvalue weighted by molar-refractivity contribution is 5.82. The lowest BCUT2D eigenvalue weighted by Crippen LogP contribution is -2.39. The SMILES string of the molecule is CN.O=c1[nH]ccc2cc(O[C@@H]3CC4CCC45CC5C3)ccc12. The fourth-order valence-electron chi connectivity index (χ4n) is 4.86. The zero-order valence-corrected chi connectivity index (χ0v) is 13.5. The molecule has 5 rings (SSSR count). The summed E-state index contributed by atoms with van der Waals surface area (Å²) in [4.78, 5) is 14.4. The second kappa shape index (κ2) is 5.38. The van der Waals surface area contributed by atoms with Crippen molar-refractivity contribution >= 4 is 10.8 Å². The molecule has 122 valence electrons. The lowest BCUT2D eigenvalue weighted by Gasteiger charge is -2.44. The van der Waals surface area contributed by atoms with Gasteiger partial charge in [-0.25, -0.2) is 0 Å². The molecule has 3 N–H and O–H groups in total. The number of aromatic nitrogens is 1. The monoisotopic (exact) mass is 312 g/mol. The maximum atomic E-state index is 11.7. The molecule has 0 aliphatic heterocycles. The van der Waals surface area contributed by atoms with Crippen LogP contribution in [0.4, 0.5) is 0 Å². The fourth-order valence-corrected chi connectivity index (χ4v) is 4.86. The van der Waals surface area contributed by atoms with Crippen molar-refractivity contribution in [3.63, 3.8) is 0 Å². The van der Waals surface area contributed by atoms with E-state index in [-0.39, 0.29) is 5.56 Å². The Morgan fingerprint density at radius 1 is 1.22 bits per heavy atom. The molecular formula is C19H24N2O2. The van der Waals surface area contributed by atoms with Gasteiger partial charge in [0.05, 0.1) is 6.10 Å². The van der Waals surface area contributed by atoms with Crippen LogP contribution in [0.1, 0.15) is 32.1 Å². The molecule has 23 heavy (non-hydrogen) atoms. The van der Waals surface area contributed by atoms with E-state index in [0.29, 0.717) is 6.10 Å². The highest BCUT2D eigenvalue weighted by Crippen LogP contribution is 2.73. The predicted molar refractivity (Wildman–Crippen MR) is 91.6 cm³/mol. The molecule has 3 fully saturated rings. The Kier molecular flexibility index (Phi) is 3.45. The maximum Gasteiger partial charge on any atom is 0.255 e. The van der Waals surface area contributed by atoms with Crippen LogP contribution in [0.5, 0.6) is 5.75 Å². The van der Waals surface area contributed by atoms with Crippen LogP contribution in [0.25, 0.3) is 10.8 Å². The fraction of sp³-hybridized carbons (Fsp3) is 0.526. The van der Waals surface area contributed by atoms with E-state index in [2.05, 4.69) is 10.7 Å². The first kappa shape index (κ1) is 14.8. The highest BCUT2D eigenvalue weighted by atomic mass is 16.5. The standard InChI is InChI=1S/C18H19NO2.CH5N/c20-17-16-2-1-14(7-11(16)4-6-19-17)21-15-8-12-3-5-18(12)10-13(18)9-15;1-2/h1-2,4,6-7,12-13,15H,3,5,8-10H2,(H,19,20);2H2,1H3/t12?,13?,15-,18?;/m1./s1. The van der Waals surface area contributed by atoms with Gasteiger partial charge in [-0.2, -0.15) is 0 Å². The van der Waals surface area contributed by atoms with Crippen molar-refractivity contribution < 1.29 is 4.74 Å². The molecule has 3 aliphatic rings. The molecule has 1 aromatic heterocycles. The van der Waals surface area contributed by atoms with Gasteiger partial charge >= 0.3 is 0 Å². The third kappa shape index (κ3) is 2.27. The molecule has 2 aromatic rings. The Bertz CT molecular complexity index is 784. The zero-order chi connectivity index (χ0) is 16.0. The summed E-state index contributed by atoms with van der Waals surface area (Å²) in [5.74, 6) is 2.76. The van der Waals surface area contributed by atoms with E-state index in [9.17, 15) is 4.79 Å². The molecule has 1 aromatic carbocycles. The molecule has 3 saturated carbocycles. The lowest BCUT2D eigenvalue weighted by molar-refractivity contribution is 0.0184. The van der Waals surface area contributed by atoms with E-state index in [1.807, 2.05) is 24.3 Å². The normalized spacial score (nSPS) is 33.6. The van der Waals surface area contributed by atoms with Crippen LogP contribution in [0.2, 0.25) is 0 Å². The first-order valence-corrected chi connectivity index (χ1v) is 8.60. The van der Waals surface area contributed by atoms with Crippen LogP contribution in [-0.4, -0.2) is 18.1 Å². The number of ether oxygens (including phenoxy) is 1. The Morgan fingerprint density at radius 3 is 2.78 bits per heavy atom. The summed E-state index contributed by atoms with van der Waals surface area (Å²) in [5, 5.41) is 1.69. The number of hydrogen-bond acceptors (Lipinski definition) is 3. The van der Waals surface area contributed by atoms with Gasteiger partial charge in [-0.1, -0.05) is 0 Å². The molecule has 1 heterocycles. The first-order valence-electron chi connectivity index (χ1n) is 8.60. The summed E-state index contributed by atoms with van der Waals surface area (Å²) in [7, 11) is 1.50. The van der Waals surface area contributed by atoms with Crippen molar-refractivity contribution in [2.45, 2.75) is 38.2 Å². The minimum Gasteiger partial charge on any atom is -0.490 e. The molecule has 1 spiro atoms. The third-order valence-electron chi connectivity index (χ3n) is 6.19. The van der Waals surface area contributed by atoms with Crippen LogP contribution >= 0.6 is 0 Å².